The minimum absolute atomic E-state index is 0.0919. The highest BCUT2D eigenvalue weighted by Gasteiger charge is 2.03. The third-order valence-electron chi connectivity index (χ3n) is 2.99. The molecule has 0 aliphatic heterocycles. The summed E-state index contributed by atoms with van der Waals surface area (Å²) in [6.45, 7) is 2.63. The molecule has 0 unspecified atom stereocenters. The number of ether oxygens (including phenoxy) is 1. The molecule has 0 saturated heterocycles. The molecule has 2 N–H and O–H groups in total. The molecule has 0 radical (unpaired) electrons. The van der Waals surface area contributed by atoms with Gasteiger partial charge in [0.1, 0.15) is 5.75 Å². The van der Waals surface area contributed by atoms with Crippen molar-refractivity contribution >= 4 is 41.0 Å². The van der Waals surface area contributed by atoms with E-state index >= 15 is 0 Å². The van der Waals surface area contributed by atoms with Crippen LogP contribution in [0.15, 0.2) is 47.6 Å². The highest BCUT2D eigenvalue weighted by molar-refractivity contribution is 6.43. The third-order valence-corrected chi connectivity index (χ3v) is 3.83. The molecule has 24 heavy (non-hydrogen) atoms. The van der Waals surface area contributed by atoms with Crippen LogP contribution in [-0.2, 0) is 4.79 Å². The van der Waals surface area contributed by atoms with Crippen molar-refractivity contribution < 1.29 is 9.53 Å². The van der Waals surface area contributed by atoms with Gasteiger partial charge in [0.15, 0.2) is 0 Å². The van der Waals surface area contributed by atoms with Gasteiger partial charge in [-0.15, -0.1) is 0 Å². The van der Waals surface area contributed by atoms with Gasteiger partial charge in [0, 0.05) is 11.3 Å². The Morgan fingerprint density at radius 1 is 1.21 bits per heavy atom. The largest absolute Gasteiger partial charge is 0.494 e. The van der Waals surface area contributed by atoms with Gasteiger partial charge in [0.05, 0.1) is 29.4 Å². The Kier molecular flexibility index (Phi) is 6.90. The summed E-state index contributed by atoms with van der Waals surface area (Å²) < 4.78 is 5.35. The number of halogens is 2. The van der Waals surface area contributed by atoms with Crippen molar-refractivity contribution in [2.24, 2.45) is 5.10 Å². The molecular formula is C17H17Cl2N3O2. The number of carbonyl (C=O) groups is 1. The molecule has 2 rings (SSSR count). The number of hydrogen-bond donors (Lipinski definition) is 2. The van der Waals surface area contributed by atoms with Gasteiger partial charge in [0.2, 0.25) is 0 Å². The molecule has 2 aromatic carbocycles. The smallest absolute Gasteiger partial charge is 0.259 e. The van der Waals surface area contributed by atoms with Crippen LogP contribution in [0, 0.1) is 0 Å². The summed E-state index contributed by atoms with van der Waals surface area (Å²) in [6.07, 6.45) is 1.45. The maximum atomic E-state index is 11.8. The minimum atomic E-state index is -0.279. The summed E-state index contributed by atoms with van der Waals surface area (Å²) in [5.41, 5.74) is 3.87. The Balaban J connectivity index is 1.81. The van der Waals surface area contributed by atoms with E-state index in [1.807, 2.05) is 31.2 Å². The average molecular weight is 366 g/mol. The van der Waals surface area contributed by atoms with E-state index in [-0.39, 0.29) is 12.5 Å². The first-order valence-electron chi connectivity index (χ1n) is 7.32. The lowest BCUT2D eigenvalue weighted by Crippen LogP contribution is -2.25. The maximum Gasteiger partial charge on any atom is 0.259 e. The zero-order valence-corrected chi connectivity index (χ0v) is 14.6. The Morgan fingerprint density at radius 3 is 2.67 bits per heavy atom. The van der Waals surface area contributed by atoms with Crippen LogP contribution in [0.3, 0.4) is 0 Å². The first-order valence-corrected chi connectivity index (χ1v) is 8.08. The number of benzene rings is 2. The number of anilines is 1. The molecule has 0 atom stereocenters. The van der Waals surface area contributed by atoms with Crippen molar-refractivity contribution in [2.45, 2.75) is 6.92 Å². The van der Waals surface area contributed by atoms with E-state index in [2.05, 4.69) is 15.8 Å². The molecular weight excluding hydrogens is 349 g/mol. The van der Waals surface area contributed by atoms with Crippen molar-refractivity contribution in [1.82, 2.24) is 5.43 Å². The second-order valence-electron chi connectivity index (χ2n) is 4.75. The summed E-state index contributed by atoms with van der Waals surface area (Å²) >= 11 is 11.9. The van der Waals surface area contributed by atoms with Gasteiger partial charge in [-0.25, -0.2) is 5.43 Å². The fourth-order valence-corrected chi connectivity index (χ4v) is 2.21. The number of nitrogens with one attached hydrogen (secondary N) is 2. The van der Waals surface area contributed by atoms with Crippen LogP contribution in [0.2, 0.25) is 10.0 Å². The highest BCUT2D eigenvalue weighted by Crippen LogP contribution is 2.24. The van der Waals surface area contributed by atoms with Gasteiger partial charge < -0.3 is 10.1 Å². The van der Waals surface area contributed by atoms with Gasteiger partial charge in [-0.1, -0.05) is 35.3 Å². The summed E-state index contributed by atoms with van der Waals surface area (Å²) in [4.78, 5) is 11.8. The van der Waals surface area contributed by atoms with E-state index in [1.165, 1.54) is 6.21 Å². The summed E-state index contributed by atoms with van der Waals surface area (Å²) in [7, 11) is 0. The van der Waals surface area contributed by atoms with E-state index in [9.17, 15) is 4.79 Å². The standard InChI is InChI=1S/C17H17Cl2N3O2/c1-2-24-14-8-6-13(7-9-14)20-11-16(23)22-21-10-12-4-3-5-15(18)17(12)19/h3-10,20H,2,11H2,1H3,(H,22,23)/b21-10-. The lowest BCUT2D eigenvalue weighted by Gasteiger charge is -2.07. The van der Waals surface area contributed by atoms with Gasteiger partial charge in [-0.05, 0) is 37.3 Å². The van der Waals surface area contributed by atoms with E-state index in [0.717, 1.165) is 11.4 Å². The molecule has 0 saturated carbocycles. The van der Waals surface area contributed by atoms with Crippen molar-refractivity contribution in [1.29, 1.82) is 0 Å². The quantitative estimate of drug-likeness (QED) is 0.576. The molecule has 2 aromatic rings. The van der Waals surface area contributed by atoms with Crippen LogP contribution >= 0.6 is 23.2 Å². The lowest BCUT2D eigenvalue weighted by atomic mass is 10.2. The first-order chi connectivity index (χ1) is 11.6. The molecule has 0 aliphatic rings. The zero-order valence-electron chi connectivity index (χ0n) is 13.1. The van der Waals surface area contributed by atoms with Crippen molar-refractivity contribution in [3.8, 4) is 5.75 Å². The van der Waals surface area contributed by atoms with E-state index < -0.39 is 0 Å². The van der Waals surface area contributed by atoms with Crippen LogP contribution in [0.1, 0.15) is 12.5 Å². The molecule has 0 aliphatic carbocycles. The number of nitrogens with zero attached hydrogens (tertiary/aromatic N) is 1. The van der Waals surface area contributed by atoms with Gasteiger partial charge >= 0.3 is 0 Å². The fraction of sp³-hybridized carbons (Fsp3) is 0.176. The zero-order chi connectivity index (χ0) is 17.4. The Hall–Kier alpha value is -2.24. The van der Waals surface area contributed by atoms with Crippen molar-refractivity contribution in [2.75, 3.05) is 18.5 Å². The molecule has 1 amide bonds. The normalized spacial score (nSPS) is 10.6. The molecule has 5 nitrogen and oxygen atoms in total. The van der Waals surface area contributed by atoms with E-state index in [4.69, 9.17) is 27.9 Å². The molecule has 0 fully saturated rings. The topological polar surface area (TPSA) is 62.7 Å². The Morgan fingerprint density at radius 2 is 1.96 bits per heavy atom. The van der Waals surface area contributed by atoms with Crippen LogP contribution in [0.5, 0.6) is 5.75 Å². The third kappa shape index (κ3) is 5.44. The Bertz CT molecular complexity index is 718. The number of hydrogen-bond acceptors (Lipinski definition) is 4. The van der Waals surface area contributed by atoms with Gasteiger partial charge in [-0.2, -0.15) is 5.10 Å². The molecule has 0 heterocycles. The van der Waals surface area contributed by atoms with E-state index in [0.29, 0.717) is 22.2 Å². The predicted octanol–water partition coefficient (Wildman–Crippen LogP) is 3.95. The fourth-order valence-electron chi connectivity index (χ4n) is 1.85. The van der Waals surface area contributed by atoms with Crippen molar-refractivity contribution in [3.63, 3.8) is 0 Å². The summed E-state index contributed by atoms with van der Waals surface area (Å²) in [5, 5.41) is 7.69. The number of rotatable bonds is 7. The maximum absolute atomic E-state index is 11.8. The van der Waals surface area contributed by atoms with Crippen molar-refractivity contribution in [3.05, 3.63) is 58.1 Å². The van der Waals surface area contributed by atoms with Crippen LogP contribution < -0.4 is 15.5 Å². The minimum Gasteiger partial charge on any atom is -0.494 e. The lowest BCUT2D eigenvalue weighted by molar-refractivity contribution is -0.119. The second-order valence-corrected chi connectivity index (χ2v) is 5.53. The monoisotopic (exact) mass is 365 g/mol. The number of hydrazone groups is 1. The summed E-state index contributed by atoms with van der Waals surface area (Å²) in [6, 6.07) is 12.5. The van der Waals surface area contributed by atoms with Crippen LogP contribution in [0.4, 0.5) is 5.69 Å². The SMILES string of the molecule is CCOc1ccc(NCC(=O)N/N=C\c2cccc(Cl)c2Cl)cc1. The highest BCUT2D eigenvalue weighted by atomic mass is 35.5. The van der Waals surface area contributed by atoms with Gasteiger partial charge in [0.25, 0.3) is 5.91 Å². The summed E-state index contributed by atoms with van der Waals surface area (Å²) in [5.74, 6) is 0.508. The Labute approximate surface area is 150 Å². The van der Waals surface area contributed by atoms with E-state index in [1.54, 1.807) is 18.2 Å². The predicted molar refractivity (Wildman–Crippen MR) is 98.3 cm³/mol. The number of carbonyl (C=O) groups excluding carboxylic acids is 1. The van der Waals surface area contributed by atoms with Crippen LogP contribution in [0.25, 0.3) is 0 Å². The molecule has 126 valence electrons. The molecule has 0 bridgehead atoms. The molecule has 0 spiro atoms. The van der Waals surface area contributed by atoms with Gasteiger partial charge in [-0.3, -0.25) is 4.79 Å². The average Bonchev–Trinajstić information content (AvgIpc) is 2.58. The molecule has 0 aromatic heterocycles. The van der Waals surface area contributed by atoms with Crippen LogP contribution in [-0.4, -0.2) is 25.3 Å². The number of amides is 1. The second kappa shape index (κ2) is 9.15. The first kappa shape index (κ1) is 18.1. The molecule has 7 heteroatoms.